The maximum atomic E-state index is 14.1. The summed E-state index contributed by atoms with van der Waals surface area (Å²) in [5.41, 5.74) is 0.0603. The minimum absolute atomic E-state index is 0.0603. The van der Waals surface area contributed by atoms with Crippen LogP contribution in [0, 0.1) is 11.7 Å². The summed E-state index contributed by atoms with van der Waals surface area (Å²) in [5, 5.41) is 2.25. The molecule has 0 saturated carbocycles. The predicted molar refractivity (Wildman–Crippen MR) is 101 cm³/mol. The highest BCUT2D eigenvalue weighted by molar-refractivity contribution is 8.00. The fraction of sp³-hybridized carbons (Fsp3) is 0.556. The number of rotatable bonds is 8. The van der Waals surface area contributed by atoms with Gasteiger partial charge in [0.15, 0.2) is 0 Å². The molecule has 1 atom stereocenters. The average molecular weight is 390 g/mol. The van der Waals surface area contributed by atoms with Crippen molar-refractivity contribution >= 4 is 40.9 Å². The molecular weight excluding hydrogens is 365 g/mol. The van der Waals surface area contributed by atoms with Crippen molar-refractivity contribution < 1.29 is 18.7 Å². The summed E-state index contributed by atoms with van der Waals surface area (Å²) in [6, 6.07) is 2.59. The first-order chi connectivity index (χ1) is 11.6. The highest BCUT2D eigenvalue weighted by Gasteiger charge is 2.20. The lowest BCUT2D eigenvalue weighted by molar-refractivity contribution is -0.146. The van der Waals surface area contributed by atoms with Gasteiger partial charge in [-0.15, -0.1) is 11.8 Å². The topological polar surface area (TPSA) is 55.4 Å². The van der Waals surface area contributed by atoms with Gasteiger partial charge in [0.25, 0.3) is 0 Å². The van der Waals surface area contributed by atoms with Gasteiger partial charge in [-0.05, 0) is 45.2 Å². The van der Waals surface area contributed by atoms with Gasteiger partial charge >= 0.3 is 5.97 Å². The van der Waals surface area contributed by atoms with E-state index in [1.54, 1.807) is 20.8 Å². The van der Waals surface area contributed by atoms with E-state index in [0.29, 0.717) is 17.2 Å². The molecule has 0 radical (unpaired) electrons. The molecule has 0 aliphatic heterocycles. The fourth-order valence-electron chi connectivity index (χ4n) is 1.91. The molecule has 4 nitrogen and oxygen atoms in total. The number of amides is 1. The number of hydrogen-bond acceptors (Lipinski definition) is 4. The normalized spacial score (nSPS) is 12.4. The third-order valence-electron chi connectivity index (χ3n) is 3.23. The van der Waals surface area contributed by atoms with Gasteiger partial charge in [0.1, 0.15) is 11.1 Å². The van der Waals surface area contributed by atoms with Crippen molar-refractivity contribution in [2.24, 2.45) is 5.92 Å². The Morgan fingerprint density at radius 3 is 2.44 bits per heavy atom. The molecule has 0 heterocycles. The maximum Gasteiger partial charge on any atom is 0.319 e. The van der Waals surface area contributed by atoms with E-state index in [4.69, 9.17) is 16.3 Å². The summed E-state index contributed by atoms with van der Waals surface area (Å²) in [4.78, 5) is 24.4. The number of benzene rings is 1. The molecule has 140 valence electrons. The van der Waals surface area contributed by atoms with Crippen LogP contribution >= 0.6 is 23.4 Å². The van der Waals surface area contributed by atoms with Crippen LogP contribution in [0.2, 0.25) is 5.02 Å². The van der Waals surface area contributed by atoms with E-state index in [-0.39, 0.29) is 28.7 Å². The predicted octanol–water partition coefficient (Wildman–Crippen LogP) is 5.29. The zero-order chi connectivity index (χ0) is 19.1. The molecule has 0 aliphatic carbocycles. The summed E-state index contributed by atoms with van der Waals surface area (Å²) in [7, 11) is 0. The van der Waals surface area contributed by atoms with E-state index in [0.717, 1.165) is 24.2 Å². The quantitative estimate of drug-likeness (QED) is 0.485. The Morgan fingerprint density at radius 1 is 1.24 bits per heavy atom. The second-order valence-corrected chi connectivity index (χ2v) is 8.28. The number of ether oxygens (including phenoxy) is 1. The lowest BCUT2D eigenvalue weighted by Gasteiger charge is -2.15. The van der Waals surface area contributed by atoms with E-state index in [1.807, 2.05) is 13.8 Å². The highest BCUT2D eigenvalue weighted by Crippen LogP contribution is 2.35. The minimum Gasteiger partial charge on any atom is -0.462 e. The monoisotopic (exact) mass is 389 g/mol. The maximum absolute atomic E-state index is 14.1. The number of thioether (sulfide) groups is 1. The van der Waals surface area contributed by atoms with Gasteiger partial charge in [-0.1, -0.05) is 25.4 Å². The molecule has 1 rings (SSSR count). The van der Waals surface area contributed by atoms with Crippen molar-refractivity contribution in [3.63, 3.8) is 0 Å². The van der Waals surface area contributed by atoms with Gasteiger partial charge < -0.3 is 10.1 Å². The molecule has 0 aromatic heterocycles. The van der Waals surface area contributed by atoms with Crippen LogP contribution in [0.15, 0.2) is 17.0 Å². The number of carbonyl (C=O) groups is 2. The number of carbonyl (C=O) groups excluding carboxylic acids is 2. The van der Waals surface area contributed by atoms with Gasteiger partial charge in [0.05, 0.1) is 16.8 Å². The summed E-state index contributed by atoms with van der Waals surface area (Å²) >= 11 is 7.23. The van der Waals surface area contributed by atoms with Crippen LogP contribution in [0.5, 0.6) is 0 Å². The Labute approximate surface area is 157 Å². The molecule has 7 heteroatoms. The van der Waals surface area contributed by atoms with Crippen molar-refractivity contribution in [2.45, 2.75) is 63.7 Å². The molecule has 0 bridgehead atoms. The van der Waals surface area contributed by atoms with E-state index < -0.39 is 11.1 Å². The van der Waals surface area contributed by atoms with Crippen LogP contribution in [0.3, 0.4) is 0 Å². The van der Waals surface area contributed by atoms with Crippen LogP contribution in [-0.2, 0) is 14.3 Å². The zero-order valence-electron chi connectivity index (χ0n) is 15.2. The second kappa shape index (κ2) is 10.0. The summed E-state index contributed by atoms with van der Waals surface area (Å²) < 4.78 is 19.2. The Hall–Kier alpha value is -1.27. The lowest BCUT2D eigenvalue weighted by atomic mass is 10.1. The zero-order valence-corrected chi connectivity index (χ0v) is 16.8. The Balaban J connectivity index is 2.85. The Morgan fingerprint density at radius 2 is 1.88 bits per heavy atom. The summed E-state index contributed by atoms with van der Waals surface area (Å²) in [5.74, 6) is -0.842. The van der Waals surface area contributed by atoms with Crippen LogP contribution in [0.1, 0.15) is 47.5 Å². The van der Waals surface area contributed by atoms with Gasteiger partial charge in [-0.3, -0.25) is 9.59 Å². The van der Waals surface area contributed by atoms with E-state index >= 15 is 0 Å². The van der Waals surface area contributed by atoms with Crippen LogP contribution in [0.4, 0.5) is 10.1 Å². The molecule has 0 aliphatic rings. The molecule has 1 N–H and O–H groups in total. The molecule has 1 unspecified atom stereocenters. The number of halogens is 2. The van der Waals surface area contributed by atoms with E-state index in [9.17, 15) is 14.0 Å². The molecule has 0 saturated heterocycles. The first-order valence-corrected chi connectivity index (χ1v) is 9.52. The first-order valence-electron chi connectivity index (χ1n) is 8.26. The standard InChI is InChI=1S/C18H25ClFNO3S/c1-10(2)6-7-17(22)21-15-9-16(13(19)8-14(15)20)25-12(5)18(23)24-11(3)4/h8-12H,6-7H2,1-5H3,(H,21,22). The summed E-state index contributed by atoms with van der Waals surface area (Å²) in [6.07, 6.45) is 0.829. The van der Waals surface area contributed by atoms with E-state index in [1.165, 1.54) is 6.07 Å². The molecule has 1 aromatic rings. The molecule has 0 spiro atoms. The van der Waals surface area contributed by atoms with Crippen LogP contribution < -0.4 is 5.32 Å². The van der Waals surface area contributed by atoms with Crippen LogP contribution in [-0.4, -0.2) is 23.2 Å². The van der Waals surface area contributed by atoms with Gasteiger partial charge in [0, 0.05) is 11.3 Å². The number of esters is 1. The van der Waals surface area contributed by atoms with Gasteiger partial charge in [0.2, 0.25) is 5.91 Å². The number of nitrogens with one attached hydrogen (secondary N) is 1. The van der Waals surface area contributed by atoms with Crippen LogP contribution in [0.25, 0.3) is 0 Å². The third kappa shape index (κ3) is 7.65. The average Bonchev–Trinajstić information content (AvgIpc) is 2.49. The lowest BCUT2D eigenvalue weighted by Crippen LogP contribution is -2.20. The minimum atomic E-state index is -0.607. The van der Waals surface area contributed by atoms with Crippen molar-refractivity contribution in [3.8, 4) is 0 Å². The second-order valence-electron chi connectivity index (χ2n) is 6.49. The van der Waals surface area contributed by atoms with Gasteiger partial charge in [-0.25, -0.2) is 4.39 Å². The van der Waals surface area contributed by atoms with Crippen molar-refractivity contribution in [1.82, 2.24) is 0 Å². The Bertz CT molecular complexity index is 623. The van der Waals surface area contributed by atoms with Gasteiger partial charge in [-0.2, -0.15) is 0 Å². The third-order valence-corrected chi connectivity index (χ3v) is 4.79. The number of hydrogen-bond donors (Lipinski definition) is 1. The molecule has 1 amide bonds. The van der Waals surface area contributed by atoms with Crippen molar-refractivity contribution in [3.05, 3.63) is 23.0 Å². The highest BCUT2D eigenvalue weighted by atomic mass is 35.5. The van der Waals surface area contributed by atoms with Crippen molar-refractivity contribution in [1.29, 1.82) is 0 Å². The van der Waals surface area contributed by atoms with Crippen molar-refractivity contribution in [2.75, 3.05) is 5.32 Å². The smallest absolute Gasteiger partial charge is 0.319 e. The molecular formula is C18H25ClFNO3S. The summed E-state index contributed by atoms with van der Waals surface area (Å²) in [6.45, 7) is 9.26. The fourth-order valence-corrected chi connectivity index (χ4v) is 3.09. The number of anilines is 1. The largest absolute Gasteiger partial charge is 0.462 e. The Kier molecular flexibility index (Phi) is 8.73. The molecule has 25 heavy (non-hydrogen) atoms. The first kappa shape index (κ1) is 21.8. The molecule has 1 aromatic carbocycles. The van der Waals surface area contributed by atoms with E-state index in [2.05, 4.69) is 5.32 Å². The molecule has 0 fully saturated rings. The SMILES string of the molecule is CC(C)CCC(=O)Nc1cc(SC(C)C(=O)OC(C)C)c(Cl)cc1F.